The van der Waals surface area contributed by atoms with Crippen LogP contribution in [0, 0.1) is 0 Å². The molecule has 1 aromatic carbocycles. The van der Waals surface area contributed by atoms with E-state index in [2.05, 4.69) is 0 Å². The number of aryl methyl sites for hydroxylation is 1. The molecule has 2 aliphatic heterocycles. The molecule has 9 heteroatoms. The quantitative estimate of drug-likeness (QED) is 0.253. The van der Waals surface area contributed by atoms with Gasteiger partial charge in [0.15, 0.2) is 0 Å². The Hall–Kier alpha value is -4.01. The number of ether oxygens (including phenoxy) is 3. The van der Waals surface area contributed by atoms with Gasteiger partial charge in [0.05, 0.1) is 29.0 Å². The maximum Gasteiger partial charge on any atom is 0.355 e. The molecule has 0 saturated carbocycles. The third-order valence-electron chi connectivity index (χ3n) is 6.61. The molecule has 0 fully saturated rings. The molecule has 0 radical (unpaired) electrons. The molecule has 9 nitrogen and oxygen atoms in total. The lowest BCUT2D eigenvalue weighted by Gasteiger charge is -2.34. The van der Waals surface area contributed by atoms with Gasteiger partial charge >= 0.3 is 11.9 Å². The summed E-state index contributed by atoms with van der Waals surface area (Å²) in [6.07, 6.45) is 0.791. The highest BCUT2D eigenvalue weighted by molar-refractivity contribution is 5.90. The number of hydrogen-bond donors (Lipinski definition) is 0. The topological polar surface area (TPSA) is 114 Å². The largest absolute Gasteiger partial charge is 0.457 e. The Labute approximate surface area is 194 Å². The number of carbonyl (C=O) groups excluding carboxylic acids is 3. The maximum absolute atomic E-state index is 13.5. The molecule has 174 valence electrons. The number of aromatic nitrogens is 2. The van der Waals surface area contributed by atoms with E-state index < -0.39 is 17.5 Å². The van der Waals surface area contributed by atoms with E-state index in [4.69, 9.17) is 19.2 Å². The summed E-state index contributed by atoms with van der Waals surface area (Å²) in [4.78, 5) is 53.7. The molecule has 0 saturated heterocycles. The lowest BCUT2D eigenvalue weighted by atomic mass is 9.85. The summed E-state index contributed by atoms with van der Waals surface area (Å²) in [5.74, 6) is -0.686. The maximum atomic E-state index is 13.5. The summed E-state index contributed by atoms with van der Waals surface area (Å²) < 4.78 is 17.4. The second-order valence-corrected chi connectivity index (χ2v) is 8.33. The second kappa shape index (κ2) is 7.79. The zero-order valence-electron chi connectivity index (χ0n) is 19.0. The monoisotopic (exact) mass is 462 g/mol. The van der Waals surface area contributed by atoms with Gasteiger partial charge < -0.3 is 18.8 Å². The number of nitrogens with zero attached hydrogens (tertiary/aromatic N) is 2. The van der Waals surface area contributed by atoms with Crippen molar-refractivity contribution in [1.82, 2.24) is 9.55 Å². The van der Waals surface area contributed by atoms with Crippen LogP contribution in [0.1, 0.15) is 49.4 Å². The molecule has 0 spiro atoms. The Balaban J connectivity index is 1.77. The molecule has 0 aliphatic carbocycles. The first-order chi connectivity index (χ1) is 16.3. The van der Waals surface area contributed by atoms with Crippen LogP contribution in [0.15, 0.2) is 29.1 Å². The van der Waals surface area contributed by atoms with Gasteiger partial charge in [0, 0.05) is 23.4 Å². The Morgan fingerprint density at radius 3 is 2.71 bits per heavy atom. The van der Waals surface area contributed by atoms with E-state index in [1.165, 1.54) is 6.92 Å². The van der Waals surface area contributed by atoms with E-state index in [0.29, 0.717) is 46.7 Å². The smallest absolute Gasteiger partial charge is 0.355 e. The highest BCUT2D eigenvalue weighted by Crippen LogP contribution is 2.42. The van der Waals surface area contributed by atoms with Crippen LogP contribution in [0.25, 0.3) is 22.3 Å². The van der Waals surface area contributed by atoms with Crippen molar-refractivity contribution < 1.29 is 28.6 Å². The van der Waals surface area contributed by atoms with Crippen LogP contribution < -0.4 is 10.3 Å². The predicted molar refractivity (Wildman–Crippen MR) is 120 cm³/mol. The summed E-state index contributed by atoms with van der Waals surface area (Å²) in [7, 11) is 0. The van der Waals surface area contributed by atoms with Crippen LogP contribution in [0.5, 0.6) is 5.75 Å². The summed E-state index contributed by atoms with van der Waals surface area (Å²) >= 11 is 0. The molecule has 2 aromatic heterocycles. The van der Waals surface area contributed by atoms with Gasteiger partial charge in [-0.25, -0.2) is 9.78 Å². The molecule has 1 atom stereocenters. The van der Waals surface area contributed by atoms with E-state index in [-0.39, 0.29) is 25.1 Å². The molecular formula is C25H22N2O7. The SMILES string of the molecule is CCc1c2c(nc3ccc(OC(C)=O)cc13)-c1cc3c(c(=O)n1C2)COC(=O)C3(CC)OC=O. The van der Waals surface area contributed by atoms with Crippen LogP contribution in [-0.2, 0) is 49.0 Å². The molecule has 0 amide bonds. The molecule has 1 unspecified atom stereocenters. The van der Waals surface area contributed by atoms with Gasteiger partial charge in [-0.3, -0.25) is 14.4 Å². The number of rotatable bonds is 5. The molecule has 34 heavy (non-hydrogen) atoms. The van der Waals surface area contributed by atoms with Crippen molar-refractivity contribution in [3.63, 3.8) is 0 Å². The van der Waals surface area contributed by atoms with Gasteiger partial charge in [0.25, 0.3) is 12.0 Å². The molecule has 4 heterocycles. The Bertz CT molecular complexity index is 1460. The number of pyridine rings is 2. The third kappa shape index (κ3) is 2.96. The molecule has 0 N–H and O–H groups in total. The number of cyclic esters (lactones) is 1. The van der Waals surface area contributed by atoms with Gasteiger partial charge in [-0.05, 0) is 42.7 Å². The highest BCUT2D eigenvalue weighted by Gasteiger charge is 2.49. The van der Waals surface area contributed by atoms with Gasteiger partial charge in [-0.1, -0.05) is 13.8 Å². The fourth-order valence-corrected chi connectivity index (χ4v) is 5.04. The highest BCUT2D eigenvalue weighted by atomic mass is 16.6. The Morgan fingerprint density at radius 1 is 1.24 bits per heavy atom. The molecule has 0 bridgehead atoms. The second-order valence-electron chi connectivity index (χ2n) is 8.33. The Morgan fingerprint density at radius 2 is 2.03 bits per heavy atom. The fraction of sp³-hybridized carbons (Fsp3) is 0.320. The number of carbonyl (C=O) groups is 3. The zero-order valence-corrected chi connectivity index (χ0v) is 19.0. The van der Waals surface area contributed by atoms with Gasteiger partial charge in [0.1, 0.15) is 12.4 Å². The van der Waals surface area contributed by atoms with E-state index in [1.54, 1.807) is 35.8 Å². The lowest BCUT2D eigenvalue weighted by Crippen LogP contribution is -2.46. The van der Waals surface area contributed by atoms with E-state index in [1.807, 2.05) is 6.92 Å². The molecular weight excluding hydrogens is 440 g/mol. The van der Waals surface area contributed by atoms with E-state index in [9.17, 15) is 19.2 Å². The lowest BCUT2D eigenvalue weighted by molar-refractivity contribution is -0.182. The number of fused-ring (bicyclic) bond motifs is 5. The summed E-state index contributed by atoms with van der Waals surface area (Å²) in [5.41, 5.74) is 2.42. The van der Waals surface area contributed by atoms with Crippen LogP contribution in [0.4, 0.5) is 0 Å². The average Bonchev–Trinajstić information content (AvgIpc) is 3.18. The summed E-state index contributed by atoms with van der Waals surface area (Å²) in [6, 6.07) is 6.95. The Kier molecular flexibility index (Phi) is 5.00. The summed E-state index contributed by atoms with van der Waals surface area (Å²) in [6.45, 7) is 5.38. The van der Waals surface area contributed by atoms with Crippen molar-refractivity contribution in [3.8, 4) is 17.1 Å². The first-order valence-electron chi connectivity index (χ1n) is 11.0. The van der Waals surface area contributed by atoms with Crippen molar-refractivity contribution in [3.05, 3.63) is 56.9 Å². The van der Waals surface area contributed by atoms with Crippen LogP contribution >= 0.6 is 0 Å². The standard InChI is InChI=1S/C25H22N2O7/c1-4-15-16-8-14(34-13(3)29)6-7-20(16)26-22-17(15)10-27-21(22)9-19-18(23(27)30)11-32-24(31)25(19,5-2)33-12-28/h6-9,12H,4-5,10-11H2,1-3H3. The molecule has 5 rings (SSSR count). The van der Waals surface area contributed by atoms with Crippen molar-refractivity contribution >= 4 is 29.3 Å². The summed E-state index contributed by atoms with van der Waals surface area (Å²) in [5, 5.41) is 0.844. The minimum Gasteiger partial charge on any atom is -0.457 e. The van der Waals surface area contributed by atoms with Gasteiger partial charge in [0.2, 0.25) is 5.60 Å². The predicted octanol–water partition coefficient (Wildman–Crippen LogP) is 2.75. The third-order valence-corrected chi connectivity index (χ3v) is 6.61. The van der Waals surface area contributed by atoms with Crippen molar-refractivity contribution in [1.29, 1.82) is 0 Å². The van der Waals surface area contributed by atoms with Gasteiger partial charge in [-0.15, -0.1) is 0 Å². The average molecular weight is 462 g/mol. The van der Waals surface area contributed by atoms with E-state index in [0.717, 1.165) is 16.5 Å². The number of benzene rings is 1. The first-order valence-corrected chi connectivity index (χ1v) is 11.0. The van der Waals surface area contributed by atoms with Crippen LogP contribution in [0.2, 0.25) is 0 Å². The van der Waals surface area contributed by atoms with Crippen LogP contribution in [-0.4, -0.2) is 28.0 Å². The molecule has 3 aromatic rings. The molecule has 2 aliphatic rings. The van der Waals surface area contributed by atoms with Crippen molar-refractivity contribution in [2.45, 2.75) is 52.4 Å². The first kappa shape index (κ1) is 21.8. The van der Waals surface area contributed by atoms with Gasteiger partial charge in [-0.2, -0.15) is 0 Å². The number of esters is 2. The number of hydrogen-bond acceptors (Lipinski definition) is 8. The van der Waals surface area contributed by atoms with Crippen molar-refractivity contribution in [2.24, 2.45) is 0 Å². The zero-order chi connectivity index (χ0) is 24.2. The van der Waals surface area contributed by atoms with Crippen LogP contribution in [0.3, 0.4) is 0 Å². The van der Waals surface area contributed by atoms with Crippen molar-refractivity contribution in [2.75, 3.05) is 0 Å². The minimum atomic E-state index is -1.67. The normalized spacial score (nSPS) is 18.0. The van der Waals surface area contributed by atoms with E-state index >= 15 is 0 Å². The minimum absolute atomic E-state index is 0.123. The fourth-order valence-electron chi connectivity index (χ4n) is 5.04.